The van der Waals surface area contributed by atoms with E-state index in [2.05, 4.69) is 36.5 Å². The lowest BCUT2D eigenvalue weighted by atomic mass is 9.60. The quantitative estimate of drug-likeness (QED) is 0.869. The van der Waals surface area contributed by atoms with Crippen LogP contribution in [0.15, 0.2) is 30.3 Å². The summed E-state index contributed by atoms with van der Waals surface area (Å²) in [6, 6.07) is 11.0. The normalized spacial score (nSPS) is 28.3. The molecule has 2 unspecified atom stereocenters. The Hall–Kier alpha value is -1.02. The third-order valence-corrected chi connectivity index (χ3v) is 4.98. The monoisotopic (exact) mass is 259 g/mol. The van der Waals surface area contributed by atoms with E-state index in [0.717, 1.165) is 12.3 Å². The Morgan fingerprint density at radius 2 is 1.95 bits per heavy atom. The van der Waals surface area contributed by atoms with Gasteiger partial charge in [0.15, 0.2) is 0 Å². The summed E-state index contributed by atoms with van der Waals surface area (Å²) < 4.78 is 6.26. The van der Waals surface area contributed by atoms with Gasteiger partial charge < -0.3 is 10.1 Å². The van der Waals surface area contributed by atoms with E-state index in [4.69, 9.17) is 4.74 Å². The van der Waals surface area contributed by atoms with Gasteiger partial charge in [-0.1, -0.05) is 38.0 Å². The summed E-state index contributed by atoms with van der Waals surface area (Å²) in [5, 5.41) is 3.74. The summed E-state index contributed by atoms with van der Waals surface area (Å²) in [5.41, 5.74) is 0.422. The van der Waals surface area contributed by atoms with E-state index >= 15 is 0 Å². The van der Waals surface area contributed by atoms with Crippen LogP contribution in [0.2, 0.25) is 0 Å². The zero-order chi connectivity index (χ0) is 13.1. The van der Waals surface area contributed by atoms with Gasteiger partial charge in [0.25, 0.3) is 0 Å². The van der Waals surface area contributed by atoms with Crippen LogP contribution < -0.4 is 10.1 Å². The van der Waals surface area contributed by atoms with Crippen LogP contribution in [0.25, 0.3) is 0 Å². The van der Waals surface area contributed by atoms with Gasteiger partial charge in [-0.15, -0.1) is 0 Å². The molecule has 1 spiro atoms. The van der Waals surface area contributed by atoms with Crippen molar-refractivity contribution in [3.05, 3.63) is 30.3 Å². The molecular formula is C17H25NO. The van der Waals surface area contributed by atoms with Gasteiger partial charge in [0.1, 0.15) is 11.9 Å². The first kappa shape index (κ1) is 13.0. The Balaban J connectivity index is 1.66. The number of rotatable bonds is 5. The van der Waals surface area contributed by atoms with Gasteiger partial charge in [0, 0.05) is 17.9 Å². The first-order valence-corrected chi connectivity index (χ1v) is 7.80. The molecule has 19 heavy (non-hydrogen) atoms. The zero-order valence-corrected chi connectivity index (χ0v) is 11.9. The maximum absolute atomic E-state index is 6.26. The molecule has 1 aromatic carbocycles. The molecule has 0 radical (unpaired) electrons. The van der Waals surface area contributed by atoms with Crippen molar-refractivity contribution in [3.8, 4) is 5.75 Å². The minimum absolute atomic E-state index is 0.422. The minimum atomic E-state index is 0.422. The highest BCUT2D eigenvalue weighted by atomic mass is 16.5. The van der Waals surface area contributed by atoms with E-state index in [9.17, 15) is 0 Å². The fourth-order valence-electron chi connectivity index (χ4n) is 3.89. The topological polar surface area (TPSA) is 21.3 Å². The number of hydrogen-bond donors (Lipinski definition) is 1. The van der Waals surface area contributed by atoms with E-state index in [1.807, 2.05) is 6.07 Å². The average Bonchev–Trinajstić information content (AvgIpc) is 2.95. The van der Waals surface area contributed by atoms with E-state index in [1.165, 1.54) is 38.5 Å². The molecule has 2 nitrogen and oxygen atoms in total. The SMILES string of the molecule is CCCNC1CC(Oc2ccccc2)C12CCCC2. The molecule has 2 heteroatoms. The van der Waals surface area contributed by atoms with Gasteiger partial charge in [0.2, 0.25) is 0 Å². The Labute approximate surface area is 116 Å². The second kappa shape index (κ2) is 5.54. The summed E-state index contributed by atoms with van der Waals surface area (Å²) in [4.78, 5) is 0. The van der Waals surface area contributed by atoms with Gasteiger partial charge in [-0.05, 0) is 37.9 Å². The maximum atomic E-state index is 6.26. The highest BCUT2D eigenvalue weighted by Crippen LogP contribution is 2.54. The first-order chi connectivity index (χ1) is 9.35. The van der Waals surface area contributed by atoms with Crippen molar-refractivity contribution in [2.45, 2.75) is 57.6 Å². The van der Waals surface area contributed by atoms with Gasteiger partial charge >= 0.3 is 0 Å². The van der Waals surface area contributed by atoms with Gasteiger partial charge in [-0.25, -0.2) is 0 Å². The summed E-state index contributed by atoms with van der Waals surface area (Å²) in [6.07, 6.45) is 8.24. The number of para-hydroxylation sites is 1. The summed E-state index contributed by atoms with van der Waals surface area (Å²) in [5.74, 6) is 1.03. The summed E-state index contributed by atoms with van der Waals surface area (Å²) in [7, 11) is 0. The van der Waals surface area contributed by atoms with Crippen LogP contribution in [0.5, 0.6) is 5.75 Å². The zero-order valence-electron chi connectivity index (χ0n) is 11.9. The van der Waals surface area contributed by atoms with Crippen LogP contribution in [0.3, 0.4) is 0 Å². The predicted octanol–water partition coefficient (Wildman–Crippen LogP) is 3.77. The van der Waals surface area contributed by atoms with Crippen LogP contribution in [0, 0.1) is 5.41 Å². The molecule has 2 fully saturated rings. The Morgan fingerprint density at radius 1 is 1.21 bits per heavy atom. The lowest BCUT2D eigenvalue weighted by Crippen LogP contribution is -2.63. The molecule has 1 N–H and O–H groups in total. The summed E-state index contributed by atoms with van der Waals surface area (Å²) >= 11 is 0. The molecule has 0 aromatic heterocycles. The summed E-state index contributed by atoms with van der Waals surface area (Å²) in [6.45, 7) is 3.38. The number of nitrogens with one attached hydrogen (secondary N) is 1. The predicted molar refractivity (Wildman–Crippen MR) is 78.5 cm³/mol. The molecular weight excluding hydrogens is 234 g/mol. The third kappa shape index (κ3) is 2.38. The van der Waals surface area contributed by atoms with Crippen LogP contribution in [-0.2, 0) is 0 Å². The van der Waals surface area contributed by atoms with E-state index < -0.39 is 0 Å². The molecule has 2 atom stereocenters. The lowest BCUT2D eigenvalue weighted by molar-refractivity contribution is -0.0759. The number of hydrogen-bond acceptors (Lipinski definition) is 2. The van der Waals surface area contributed by atoms with E-state index in [1.54, 1.807) is 0 Å². The van der Waals surface area contributed by atoms with Crippen molar-refractivity contribution in [1.82, 2.24) is 5.32 Å². The van der Waals surface area contributed by atoms with E-state index in [0.29, 0.717) is 17.6 Å². The molecule has 0 saturated heterocycles. The molecule has 2 saturated carbocycles. The Morgan fingerprint density at radius 3 is 2.63 bits per heavy atom. The van der Waals surface area contributed by atoms with Crippen molar-refractivity contribution in [3.63, 3.8) is 0 Å². The molecule has 0 aliphatic heterocycles. The van der Waals surface area contributed by atoms with Crippen molar-refractivity contribution < 1.29 is 4.74 Å². The molecule has 0 bridgehead atoms. The molecule has 104 valence electrons. The Bertz CT molecular complexity index is 397. The highest BCUT2D eigenvalue weighted by molar-refractivity contribution is 5.23. The average molecular weight is 259 g/mol. The lowest BCUT2D eigenvalue weighted by Gasteiger charge is -2.54. The van der Waals surface area contributed by atoms with Crippen LogP contribution in [0.1, 0.15) is 45.4 Å². The smallest absolute Gasteiger partial charge is 0.119 e. The fourth-order valence-corrected chi connectivity index (χ4v) is 3.89. The minimum Gasteiger partial charge on any atom is -0.490 e. The second-order valence-electron chi connectivity index (χ2n) is 6.10. The maximum Gasteiger partial charge on any atom is 0.119 e. The molecule has 2 aliphatic rings. The number of benzene rings is 1. The Kier molecular flexibility index (Phi) is 3.79. The largest absolute Gasteiger partial charge is 0.490 e. The molecule has 0 heterocycles. The molecule has 3 rings (SSSR count). The van der Waals surface area contributed by atoms with Gasteiger partial charge in [-0.2, -0.15) is 0 Å². The van der Waals surface area contributed by atoms with Crippen molar-refractivity contribution in [1.29, 1.82) is 0 Å². The molecule has 1 aromatic rings. The van der Waals surface area contributed by atoms with E-state index in [-0.39, 0.29) is 0 Å². The van der Waals surface area contributed by atoms with Crippen LogP contribution in [-0.4, -0.2) is 18.7 Å². The molecule has 0 amide bonds. The number of ether oxygens (including phenoxy) is 1. The van der Waals surface area contributed by atoms with Crippen molar-refractivity contribution in [2.75, 3.05) is 6.54 Å². The van der Waals surface area contributed by atoms with Crippen molar-refractivity contribution >= 4 is 0 Å². The van der Waals surface area contributed by atoms with Crippen LogP contribution in [0.4, 0.5) is 0 Å². The van der Waals surface area contributed by atoms with Gasteiger partial charge in [0.05, 0.1) is 0 Å². The second-order valence-corrected chi connectivity index (χ2v) is 6.10. The van der Waals surface area contributed by atoms with Crippen LogP contribution >= 0.6 is 0 Å². The molecule has 2 aliphatic carbocycles. The van der Waals surface area contributed by atoms with Crippen molar-refractivity contribution in [2.24, 2.45) is 5.41 Å². The van der Waals surface area contributed by atoms with Gasteiger partial charge in [-0.3, -0.25) is 0 Å². The highest BCUT2D eigenvalue weighted by Gasteiger charge is 2.57. The fraction of sp³-hybridized carbons (Fsp3) is 0.647. The standard InChI is InChI=1S/C17H25NO/c1-2-12-18-15-13-16(17(15)10-6-7-11-17)19-14-8-4-3-5-9-14/h3-5,8-9,15-16,18H,2,6-7,10-13H2,1H3. The first-order valence-electron chi connectivity index (χ1n) is 7.80. The third-order valence-electron chi connectivity index (χ3n) is 4.98.